The van der Waals surface area contributed by atoms with E-state index < -0.39 is 204 Å². The van der Waals surface area contributed by atoms with E-state index in [4.69, 9.17) is 37.9 Å². The molecule has 26 heteroatoms. The highest BCUT2D eigenvalue weighted by Gasteiger charge is 2.49. The molecule has 22 atom stereocenters. The maximum absolute atomic E-state index is 12.5. The van der Waals surface area contributed by atoms with Gasteiger partial charge in [-0.1, -0.05) is 0 Å². The van der Waals surface area contributed by atoms with E-state index in [0.29, 0.717) is 0 Å². The van der Waals surface area contributed by atoms with Crippen LogP contribution in [0.4, 0.5) is 0 Å². The lowest BCUT2D eigenvalue weighted by molar-refractivity contribution is -0.239. The Hall–Kier alpha value is -2.07. The molecule has 1 amide bonds. The average molecular weight is 966 g/mol. The zero-order valence-corrected chi connectivity index (χ0v) is 36.7. The number of carbonyl (C=O) groups is 1. The number of hydrogen-bond acceptors (Lipinski definition) is 25. The maximum atomic E-state index is 12.5. The Bertz CT molecular complexity index is 1470. The molecule has 17 N–H and O–H groups in total. The Morgan fingerprint density at radius 2 is 1.02 bits per heavy atom. The van der Waals surface area contributed by atoms with Gasteiger partial charge < -0.3 is 125 Å². The zero-order chi connectivity index (χ0) is 49.0. The summed E-state index contributed by atoms with van der Waals surface area (Å²) in [5.41, 5.74) is 0. The van der Waals surface area contributed by atoms with Crippen LogP contribution in [0.5, 0.6) is 0 Å². The number of aliphatic hydroxyl groups is 16. The van der Waals surface area contributed by atoms with Gasteiger partial charge in [0.15, 0.2) is 11.5 Å². The van der Waals surface area contributed by atoms with Crippen LogP contribution in [0.2, 0.25) is 0 Å². The van der Waals surface area contributed by atoms with Gasteiger partial charge in [-0.15, -0.1) is 0 Å². The predicted molar refractivity (Wildman–Crippen MR) is 217 cm³/mol. The molecule has 0 aromatic heterocycles. The van der Waals surface area contributed by atoms with Gasteiger partial charge in [0.25, 0.3) is 0 Å². The minimum absolute atomic E-state index is 0.318. The first-order valence-corrected chi connectivity index (χ1v) is 21.8. The second-order valence-electron chi connectivity index (χ2n) is 17.2. The topological polar surface area (TPSA) is 427 Å². The normalized spacial score (nSPS) is 39.6. The maximum Gasteiger partial charge on any atom is 0.217 e. The summed E-state index contributed by atoms with van der Waals surface area (Å²) in [5.74, 6) is -6.23. The molecule has 0 aromatic carbocycles. The molecular weight excluding hydrogens is 894 g/mol. The number of nitrogens with one attached hydrogen (secondary N) is 1. The first kappa shape index (κ1) is 56.5. The molecule has 4 rings (SSSR count). The first-order chi connectivity index (χ1) is 31.3. The Morgan fingerprint density at radius 3 is 1.59 bits per heavy atom. The molecule has 4 aliphatic rings. The van der Waals surface area contributed by atoms with Crippen LogP contribution >= 0.6 is 0 Å². The minimum Gasteiger partial charge on any atom is -0.506 e. The van der Waals surface area contributed by atoms with Gasteiger partial charge in [0, 0.05) is 30.6 Å². The van der Waals surface area contributed by atoms with Crippen molar-refractivity contribution in [2.24, 2.45) is 23.7 Å². The molecule has 0 bridgehead atoms. The van der Waals surface area contributed by atoms with E-state index in [-0.39, 0.29) is 33.0 Å². The Balaban J connectivity index is 1.41. The number of hydrogen-bond donors (Lipinski definition) is 17. The van der Waals surface area contributed by atoms with Crippen LogP contribution in [0.1, 0.15) is 13.8 Å². The van der Waals surface area contributed by atoms with Gasteiger partial charge in [-0.3, -0.25) is 4.79 Å². The summed E-state index contributed by atoms with van der Waals surface area (Å²) in [6.45, 7) is -4.10. The lowest BCUT2D eigenvalue weighted by Crippen LogP contribution is -2.63. The zero-order valence-electron chi connectivity index (χ0n) is 36.7. The van der Waals surface area contributed by atoms with Crippen LogP contribution in [-0.2, 0) is 42.7 Å². The third-order valence-electron chi connectivity index (χ3n) is 12.7. The highest BCUT2D eigenvalue weighted by Crippen LogP contribution is 2.32. The average Bonchev–Trinajstić information content (AvgIpc) is 3.30. The van der Waals surface area contributed by atoms with Gasteiger partial charge in [0.1, 0.15) is 61.0 Å². The van der Waals surface area contributed by atoms with Crippen molar-refractivity contribution in [2.45, 2.75) is 124 Å². The minimum atomic E-state index is -1.71. The Morgan fingerprint density at radius 1 is 0.545 bits per heavy atom. The van der Waals surface area contributed by atoms with Gasteiger partial charge in [0.2, 0.25) is 5.91 Å². The molecule has 14 unspecified atom stereocenters. The van der Waals surface area contributed by atoms with Gasteiger partial charge >= 0.3 is 0 Å². The molecule has 66 heavy (non-hydrogen) atoms. The predicted octanol–water partition coefficient (Wildman–Crippen LogP) is -8.35. The van der Waals surface area contributed by atoms with Crippen LogP contribution in [-0.4, -0.2) is 283 Å². The smallest absolute Gasteiger partial charge is 0.217 e. The lowest BCUT2D eigenvalue weighted by Gasteiger charge is -2.46. The standard InChI is InChI=1S/C40H71NO25/c1-16-32(50)40(58)39(57)30(63-16)15-60-9-19-27(64-26(7-46)38(56)37(19)55)12-61-10-20-31(41-17(2)47)28(65-24(5-44)34(20)52)13-62-11-21-35(53)25(6-45)66-29(36(21)54)14-59-8-18(22(48)3-42)33(51)23(49)4-43/h16,18-31,33-39,42-46,48-58H,3-15H2,1-2H3,(H,41,47)/t16?,18?,19?,20?,21?,22?,23-,24?,25?,26?,27+,28+,29+,30+,31?,33?,34-,35-,36?,37?,38+,39?/m1/s1. The van der Waals surface area contributed by atoms with Gasteiger partial charge in [-0.25, -0.2) is 0 Å². The van der Waals surface area contributed by atoms with E-state index in [1.807, 2.05) is 0 Å². The molecule has 386 valence electrons. The molecule has 0 radical (unpaired) electrons. The lowest BCUT2D eigenvalue weighted by atomic mass is 9.84. The van der Waals surface area contributed by atoms with Crippen LogP contribution < -0.4 is 5.32 Å². The van der Waals surface area contributed by atoms with E-state index in [2.05, 4.69) is 5.32 Å². The Kier molecular flexibility index (Phi) is 22.9. The molecule has 0 aromatic rings. The molecule has 26 nitrogen and oxygen atoms in total. The summed E-state index contributed by atoms with van der Waals surface area (Å²) in [4.78, 5) is 12.5. The first-order valence-electron chi connectivity index (χ1n) is 21.8. The summed E-state index contributed by atoms with van der Waals surface area (Å²) in [6, 6.07) is -1.06. The van der Waals surface area contributed by atoms with Crippen LogP contribution in [0.25, 0.3) is 0 Å². The monoisotopic (exact) mass is 965 g/mol. The van der Waals surface area contributed by atoms with Gasteiger partial charge in [-0.2, -0.15) is 0 Å². The number of amides is 1. The highest BCUT2D eigenvalue weighted by molar-refractivity contribution is 5.73. The number of carbonyl (C=O) groups excluding carboxylic acids is 1. The second kappa shape index (κ2) is 26.8. The Labute approximate surface area is 380 Å². The van der Waals surface area contributed by atoms with E-state index in [1.165, 1.54) is 13.8 Å². The second-order valence-corrected chi connectivity index (χ2v) is 17.2. The van der Waals surface area contributed by atoms with Gasteiger partial charge in [-0.05, 0) is 6.92 Å². The van der Waals surface area contributed by atoms with Crippen molar-refractivity contribution >= 4 is 5.91 Å². The molecule has 0 saturated carbocycles. The molecule has 4 aliphatic heterocycles. The summed E-state index contributed by atoms with van der Waals surface area (Å²) >= 11 is 0. The molecule has 3 fully saturated rings. The quantitative estimate of drug-likeness (QED) is 0.0404. The van der Waals surface area contributed by atoms with Gasteiger partial charge in [0.05, 0.1) is 135 Å². The molecular formula is C40H71NO25. The summed E-state index contributed by atoms with van der Waals surface area (Å²) < 4.78 is 46.2. The molecule has 4 heterocycles. The highest BCUT2D eigenvalue weighted by atomic mass is 16.6. The largest absolute Gasteiger partial charge is 0.506 e. The van der Waals surface area contributed by atoms with Crippen LogP contribution in [0.15, 0.2) is 11.5 Å². The number of rotatable bonds is 25. The van der Waals surface area contributed by atoms with E-state index in [9.17, 15) is 86.5 Å². The van der Waals surface area contributed by atoms with Crippen molar-refractivity contribution in [2.75, 3.05) is 85.9 Å². The van der Waals surface area contributed by atoms with E-state index >= 15 is 0 Å². The van der Waals surface area contributed by atoms with Crippen molar-refractivity contribution in [3.05, 3.63) is 11.5 Å². The number of aliphatic hydroxyl groups excluding tert-OH is 16. The molecule has 0 aliphatic carbocycles. The fraction of sp³-hybridized carbons (Fsp3) is 0.925. The SMILES string of the molecule is CC(=O)NC1C(COC[C@@H]2OC(CO)[C@H](O)C(O)C2COC[C@@H]2OC(C)C(O)=C(O)C2O)[C@@H](O)C(CO)O[C@H]1COCC1C(O)[C@H](COCC(C(O)CO)C(O)[C@H](O)CO)OC(CO)[C@@H]1O. The van der Waals surface area contributed by atoms with Crippen molar-refractivity contribution in [1.82, 2.24) is 5.32 Å². The fourth-order valence-electron chi connectivity index (χ4n) is 8.64. The number of ether oxygens (including phenoxy) is 8. The van der Waals surface area contributed by atoms with Crippen LogP contribution in [0.3, 0.4) is 0 Å². The van der Waals surface area contributed by atoms with E-state index in [1.54, 1.807) is 0 Å². The third kappa shape index (κ3) is 14.0. The van der Waals surface area contributed by atoms with Crippen molar-refractivity contribution < 1.29 is 124 Å². The summed E-state index contributed by atoms with van der Waals surface area (Å²) in [7, 11) is 0. The van der Waals surface area contributed by atoms with Crippen molar-refractivity contribution in [3.8, 4) is 0 Å². The fourth-order valence-corrected chi connectivity index (χ4v) is 8.64. The summed E-state index contributed by atoms with van der Waals surface area (Å²) in [5, 5.41) is 167. The van der Waals surface area contributed by atoms with Crippen molar-refractivity contribution in [3.63, 3.8) is 0 Å². The molecule has 3 saturated heterocycles. The summed E-state index contributed by atoms with van der Waals surface area (Å²) in [6.07, 6.45) is -23.3. The third-order valence-corrected chi connectivity index (χ3v) is 12.7. The van der Waals surface area contributed by atoms with Crippen LogP contribution in [0, 0.1) is 23.7 Å². The molecule has 0 spiro atoms. The van der Waals surface area contributed by atoms with Crippen molar-refractivity contribution in [1.29, 1.82) is 0 Å². The van der Waals surface area contributed by atoms with E-state index in [0.717, 1.165) is 0 Å².